The van der Waals surface area contributed by atoms with Gasteiger partial charge in [0.05, 0.1) is 22.8 Å². The predicted octanol–water partition coefficient (Wildman–Crippen LogP) is 3.48. The third-order valence-electron chi connectivity index (χ3n) is 2.48. The molecule has 2 aromatic rings. The van der Waals surface area contributed by atoms with Crippen LogP contribution in [0, 0.1) is 0 Å². The molecule has 0 amide bonds. The molecule has 1 heterocycles. The van der Waals surface area contributed by atoms with E-state index in [9.17, 15) is 4.79 Å². The minimum Gasteiger partial charge on any atom is -0.461 e. The number of carbonyl (C=O) groups is 1. The second-order valence-corrected chi connectivity index (χ2v) is 4.70. The van der Waals surface area contributed by atoms with Crippen molar-refractivity contribution in [2.75, 3.05) is 6.61 Å². The van der Waals surface area contributed by atoms with Gasteiger partial charge in [0, 0.05) is 6.42 Å². The molecule has 0 aliphatic heterocycles. The third-order valence-corrected chi connectivity index (χ3v) is 3.22. The lowest BCUT2D eigenvalue weighted by atomic mass is 10.1. The molecule has 0 spiro atoms. The molecular formula is C13H12Cl2N2O2. The molecular weight excluding hydrogens is 287 g/mol. The summed E-state index contributed by atoms with van der Waals surface area (Å²) >= 11 is 11.8. The van der Waals surface area contributed by atoms with Gasteiger partial charge in [-0.3, -0.25) is 0 Å². The van der Waals surface area contributed by atoms with E-state index in [4.69, 9.17) is 27.9 Å². The summed E-state index contributed by atoms with van der Waals surface area (Å²) in [5.41, 5.74) is 1.30. The van der Waals surface area contributed by atoms with E-state index in [2.05, 4.69) is 9.97 Å². The number of hydrogen-bond acceptors (Lipinski definition) is 3. The topological polar surface area (TPSA) is 55.0 Å². The van der Waals surface area contributed by atoms with Gasteiger partial charge in [0.15, 0.2) is 0 Å². The maximum absolute atomic E-state index is 11.5. The summed E-state index contributed by atoms with van der Waals surface area (Å²) < 4.78 is 4.88. The summed E-state index contributed by atoms with van der Waals surface area (Å²) in [5.74, 6) is 0.261. The van der Waals surface area contributed by atoms with Gasteiger partial charge >= 0.3 is 5.97 Å². The number of ether oxygens (including phenoxy) is 1. The largest absolute Gasteiger partial charge is 0.461 e. The Labute approximate surface area is 120 Å². The van der Waals surface area contributed by atoms with Crippen LogP contribution >= 0.6 is 23.2 Å². The van der Waals surface area contributed by atoms with Crippen molar-refractivity contribution >= 4 is 29.2 Å². The van der Waals surface area contributed by atoms with Crippen LogP contribution in [0.4, 0.5) is 0 Å². The lowest BCUT2D eigenvalue weighted by molar-refractivity contribution is 0.0520. The van der Waals surface area contributed by atoms with Gasteiger partial charge in [-0.15, -0.1) is 0 Å². The van der Waals surface area contributed by atoms with E-state index >= 15 is 0 Å². The van der Waals surface area contributed by atoms with E-state index in [1.54, 1.807) is 19.1 Å². The van der Waals surface area contributed by atoms with Gasteiger partial charge in [0.2, 0.25) is 0 Å². The Bertz CT molecular complexity index is 596. The number of nitrogens with zero attached hydrogens (tertiary/aromatic N) is 1. The summed E-state index contributed by atoms with van der Waals surface area (Å²) in [7, 11) is 0. The van der Waals surface area contributed by atoms with Crippen LogP contribution in [0.25, 0.3) is 0 Å². The zero-order valence-corrected chi connectivity index (χ0v) is 11.8. The van der Waals surface area contributed by atoms with Crippen LogP contribution in [0.1, 0.15) is 28.8 Å². The van der Waals surface area contributed by atoms with Crippen LogP contribution in [-0.4, -0.2) is 22.5 Å². The highest BCUT2D eigenvalue weighted by molar-refractivity contribution is 6.42. The molecule has 1 N–H and O–H groups in total. The standard InChI is InChI=1S/C13H12Cl2N2O2/c1-2-19-13(18)11-7-16-12(17-11)6-8-3-4-9(14)10(15)5-8/h3-5,7H,2,6H2,1H3,(H,16,17). The number of nitrogens with one attached hydrogen (secondary N) is 1. The van der Waals surface area contributed by atoms with E-state index in [0.29, 0.717) is 34.6 Å². The number of aromatic amines is 1. The van der Waals surface area contributed by atoms with Crippen molar-refractivity contribution < 1.29 is 9.53 Å². The number of H-pyrrole nitrogens is 1. The highest BCUT2D eigenvalue weighted by Gasteiger charge is 2.10. The van der Waals surface area contributed by atoms with Crippen LogP contribution in [-0.2, 0) is 11.2 Å². The van der Waals surface area contributed by atoms with Gasteiger partial charge in [-0.05, 0) is 24.6 Å². The van der Waals surface area contributed by atoms with Crippen LogP contribution < -0.4 is 0 Å². The van der Waals surface area contributed by atoms with Crippen LogP contribution in [0.3, 0.4) is 0 Å². The smallest absolute Gasteiger partial charge is 0.356 e. The summed E-state index contributed by atoms with van der Waals surface area (Å²) in [6.07, 6.45) is 2.00. The van der Waals surface area contributed by atoms with Crippen LogP contribution in [0.2, 0.25) is 10.0 Å². The van der Waals surface area contributed by atoms with Gasteiger partial charge in [0.25, 0.3) is 0 Å². The zero-order valence-electron chi connectivity index (χ0n) is 10.2. The van der Waals surface area contributed by atoms with Crippen molar-refractivity contribution in [1.29, 1.82) is 0 Å². The molecule has 1 aromatic heterocycles. The summed E-state index contributed by atoms with van der Waals surface area (Å²) in [6.45, 7) is 2.09. The molecule has 19 heavy (non-hydrogen) atoms. The molecule has 0 unspecified atom stereocenters. The lowest BCUT2D eigenvalue weighted by Crippen LogP contribution is -2.05. The summed E-state index contributed by atoms with van der Waals surface area (Å²) in [6, 6.07) is 5.37. The van der Waals surface area contributed by atoms with Gasteiger partial charge < -0.3 is 9.72 Å². The average Bonchev–Trinajstić information content (AvgIpc) is 2.83. The molecule has 0 aliphatic rings. The normalized spacial score (nSPS) is 10.5. The molecule has 0 fully saturated rings. The van der Waals surface area contributed by atoms with Crippen LogP contribution in [0.5, 0.6) is 0 Å². The molecule has 6 heteroatoms. The number of carbonyl (C=O) groups excluding carboxylic acids is 1. The first kappa shape index (κ1) is 13.9. The number of benzene rings is 1. The first-order valence-corrected chi connectivity index (χ1v) is 6.50. The number of imidazole rings is 1. The molecule has 0 atom stereocenters. The molecule has 0 saturated carbocycles. The van der Waals surface area contributed by atoms with Gasteiger partial charge in [0.1, 0.15) is 11.5 Å². The number of esters is 1. The minimum absolute atomic E-state index is 0.333. The Morgan fingerprint density at radius 1 is 1.37 bits per heavy atom. The summed E-state index contributed by atoms with van der Waals surface area (Å²) in [5, 5.41) is 1.01. The van der Waals surface area contributed by atoms with E-state index in [1.165, 1.54) is 6.20 Å². The fourth-order valence-electron chi connectivity index (χ4n) is 1.61. The van der Waals surface area contributed by atoms with E-state index in [-0.39, 0.29) is 0 Å². The Hall–Kier alpha value is -1.52. The Morgan fingerprint density at radius 2 is 2.16 bits per heavy atom. The SMILES string of the molecule is CCOC(=O)c1cnc(Cc2ccc(Cl)c(Cl)c2)[nH]1. The molecule has 0 radical (unpaired) electrons. The second-order valence-electron chi connectivity index (χ2n) is 3.89. The molecule has 100 valence electrons. The number of rotatable bonds is 4. The van der Waals surface area contributed by atoms with E-state index < -0.39 is 5.97 Å². The fraction of sp³-hybridized carbons (Fsp3) is 0.231. The number of aromatic nitrogens is 2. The quantitative estimate of drug-likeness (QED) is 0.879. The van der Waals surface area contributed by atoms with Crippen molar-refractivity contribution in [2.45, 2.75) is 13.3 Å². The summed E-state index contributed by atoms with van der Waals surface area (Å²) in [4.78, 5) is 18.5. The van der Waals surface area contributed by atoms with Gasteiger partial charge in [-0.1, -0.05) is 29.3 Å². The zero-order chi connectivity index (χ0) is 13.8. The molecule has 4 nitrogen and oxygen atoms in total. The first-order valence-electron chi connectivity index (χ1n) is 5.75. The second kappa shape index (κ2) is 6.08. The molecule has 0 bridgehead atoms. The fourth-order valence-corrected chi connectivity index (χ4v) is 1.93. The molecule has 2 rings (SSSR count). The van der Waals surface area contributed by atoms with E-state index in [1.807, 2.05) is 6.07 Å². The third kappa shape index (κ3) is 3.49. The lowest BCUT2D eigenvalue weighted by Gasteiger charge is -2.01. The predicted molar refractivity (Wildman–Crippen MR) is 73.8 cm³/mol. The Kier molecular flexibility index (Phi) is 4.45. The molecule has 0 saturated heterocycles. The van der Waals surface area contributed by atoms with Crippen molar-refractivity contribution in [3.63, 3.8) is 0 Å². The minimum atomic E-state index is -0.407. The maximum Gasteiger partial charge on any atom is 0.356 e. The van der Waals surface area contributed by atoms with Crippen molar-refractivity contribution in [3.05, 3.63) is 51.5 Å². The van der Waals surface area contributed by atoms with Crippen LogP contribution in [0.15, 0.2) is 24.4 Å². The van der Waals surface area contributed by atoms with Crippen molar-refractivity contribution in [3.8, 4) is 0 Å². The van der Waals surface area contributed by atoms with E-state index in [0.717, 1.165) is 5.56 Å². The monoisotopic (exact) mass is 298 g/mol. The number of halogens is 2. The first-order chi connectivity index (χ1) is 9.10. The Balaban J connectivity index is 2.11. The van der Waals surface area contributed by atoms with Crippen molar-refractivity contribution in [2.24, 2.45) is 0 Å². The Morgan fingerprint density at radius 3 is 2.84 bits per heavy atom. The maximum atomic E-state index is 11.5. The molecule has 1 aromatic carbocycles. The molecule has 0 aliphatic carbocycles. The van der Waals surface area contributed by atoms with Crippen molar-refractivity contribution in [1.82, 2.24) is 9.97 Å². The number of hydrogen-bond donors (Lipinski definition) is 1. The highest BCUT2D eigenvalue weighted by atomic mass is 35.5. The van der Waals surface area contributed by atoms with Gasteiger partial charge in [-0.2, -0.15) is 0 Å². The average molecular weight is 299 g/mol. The highest BCUT2D eigenvalue weighted by Crippen LogP contribution is 2.23. The van der Waals surface area contributed by atoms with Gasteiger partial charge in [-0.25, -0.2) is 9.78 Å².